The van der Waals surface area contributed by atoms with Crippen LogP contribution in [0.2, 0.25) is 0 Å². The highest BCUT2D eigenvalue weighted by molar-refractivity contribution is 5.76. The van der Waals surface area contributed by atoms with Crippen molar-refractivity contribution in [1.82, 2.24) is 0 Å². The molecule has 0 fully saturated rings. The molecule has 120 valence electrons. The Morgan fingerprint density at radius 2 is 1.43 bits per heavy atom. The molecule has 0 atom stereocenters. The van der Waals surface area contributed by atoms with Crippen LogP contribution in [0.5, 0.6) is 23.0 Å². The molecule has 0 aliphatic heterocycles. The lowest BCUT2D eigenvalue weighted by Crippen LogP contribution is -1.83. The van der Waals surface area contributed by atoms with Gasteiger partial charge in [0.25, 0.3) is 0 Å². The molecule has 2 rings (SSSR count). The van der Waals surface area contributed by atoms with Crippen molar-refractivity contribution in [2.75, 3.05) is 0 Å². The normalized spacial score (nSPS) is 11.8. The summed E-state index contributed by atoms with van der Waals surface area (Å²) in [5, 5.41) is 39.1. The molecule has 4 N–H and O–H groups in total. The molecule has 0 aliphatic rings. The molecule has 0 unspecified atom stereocenters. The summed E-state index contributed by atoms with van der Waals surface area (Å²) in [4.78, 5) is 0. The number of phenolic OH excluding ortho intramolecular Hbond substituents is 4. The SMILES string of the molecule is CC(C)/C=C/c1c(O)cc(/C=C/c2ccc(O)cc2O)cc1O. The highest BCUT2D eigenvalue weighted by atomic mass is 16.3. The third kappa shape index (κ3) is 4.30. The fourth-order valence-electron chi connectivity index (χ4n) is 2.06. The van der Waals surface area contributed by atoms with Crippen molar-refractivity contribution in [2.24, 2.45) is 5.92 Å². The lowest BCUT2D eigenvalue weighted by molar-refractivity contribution is 0.447. The number of phenols is 4. The Morgan fingerprint density at radius 3 is 2.00 bits per heavy atom. The van der Waals surface area contributed by atoms with Crippen LogP contribution in [0.4, 0.5) is 0 Å². The number of allylic oxidation sites excluding steroid dienone is 1. The van der Waals surface area contributed by atoms with E-state index in [-0.39, 0.29) is 23.0 Å². The third-order valence-corrected chi connectivity index (χ3v) is 3.28. The van der Waals surface area contributed by atoms with Gasteiger partial charge >= 0.3 is 0 Å². The first-order chi connectivity index (χ1) is 10.9. The van der Waals surface area contributed by atoms with Crippen LogP contribution in [-0.2, 0) is 0 Å². The highest BCUT2D eigenvalue weighted by Crippen LogP contribution is 2.32. The van der Waals surface area contributed by atoms with Crippen molar-refractivity contribution >= 4 is 18.2 Å². The Hall–Kier alpha value is -2.88. The Morgan fingerprint density at radius 1 is 0.783 bits per heavy atom. The largest absolute Gasteiger partial charge is 0.508 e. The summed E-state index contributed by atoms with van der Waals surface area (Å²) in [5.74, 6) is 0.209. The van der Waals surface area contributed by atoms with E-state index in [0.717, 1.165) is 0 Å². The standard InChI is InChI=1S/C19H20O4/c1-12(2)3-8-16-18(22)9-13(10-19(16)23)4-5-14-6-7-15(20)11-17(14)21/h3-12,20-23H,1-2H3/b5-4+,8-3+. The van der Waals surface area contributed by atoms with E-state index in [9.17, 15) is 20.4 Å². The monoisotopic (exact) mass is 312 g/mol. The minimum absolute atomic E-state index is 0.0171. The number of aromatic hydroxyl groups is 4. The second-order valence-corrected chi connectivity index (χ2v) is 5.65. The summed E-state index contributed by atoms with van der Waals surface area (Å²) < 4.78 is 0. The lowest BCUT2D eigenvalue weighted by Gasteiger charge is -2.06. The number of rotatable bonds is 4. The maximum Gasteiger partial charge on any atom is 0.127 e. The van der Waals surface area contributed by atoms with E-state index < -0.39 is 0 Å². The fraction of sp³-hybridized carbons (Fsp3) is 0.158. The summed E-state index contributed by atoms with van der Waals surface area (Å²) in [6, 6.07) is 7.35. The maximum atomic E-state index is 10.0. The minimum Gasteiger partial charge on any atom is -0.508 e. The topological polar surface area (TPSA) is 80.9 Å². The second kappa shape index (κ2) is 6.92. The average Bonchev–Trinajstić information content (AvgIpc) is 2.45. The van der Waals surface area contributed by atoms with Gasteiger partial charge in [-0.1, -0.05) is 38.2 Å². The van der Waals surface area contributed by atoms with Crippen molar-refractivity contribution < 1.29 is 20.4 Å². The average molecular weight is 312 g/mol. The summed E-state index contributed by atoms with van der Waals surface area (Å²) in [5.41, 5.74) is 1.49. The van der Waals surface area contributed by atoms with E-state index in [1.165, 1.54) is 24.3 Å². The van der Waals surface area contributed by atoms with Gasteiger partial charge in [-0.2, -0.15) is 0 Å². The summed E-state index contributed by atoms with van der Waals surface area (Å²) in [6.45, 7) is 4.01. The van der Waals surface area contributed by atoms with Gasteiger partial charge in [-0.3, -0.25) is 0 Å². The molecule has 0 spiro atoms. The van der Waals surface area contributed by atoms with Crippen LogP contribution in [0.3, 0.4) is 0 Å². The van der Waals surface area contributed by atoms with Crippen LogP contribution in [-0.4, -0.2) is 20.4 Å². The molecular formula is C19H20O4. The van der Waals surface area contributed by atoms with Crippen molar-refractivity contribution in [3.63, 3.8) is 0 Å². The van der Waals surface area contributed by atoms with Gasteiger partial charge in [0.1, 0.15) is 23.0 Å². The molecule has 0 saturated heterocycles. The zero-order chi connectivity index (χ0) is 17.0. The van der Waals surface area contributed by atoms with E-state index in [4.69, 9.17) is 0 Å². The number of hydrogen-bond donors (Lipinski definition) is 4. The first kappa shape index (κ1) is 16.5. The minimum atomic E-state index is -0.0498. The van der Waals surface area contributed by atoms with E-state index >= 15 is 0 Å². The van der Waals surface area contributed by atoms with Crippen LogP contribution in [0.25, 0.3) is 18.2 Å². The molecular weight excluding hydrogens is 292 g/mol. The Bertz CT molecular complexity index is 735. The molecule has 0 aliphatic carbocycles. The Balaban J connectivity index is 2.29. The van der Waals surface area contributed by atoms with Gasteiger partial charge in [0.05, 0.1) is 5.56 Å². The van der Waals surface area contributed by atoms with Gasteiger partial charge in [0, 0.05) is 11.6 Å². The van der Waals surface area contributed by atoms with Gasteiger partial charge < -0.3 is 20.4 Å². The van der Waals surface area contributed by atoms with E-state index in [2.05, 4.69) is 0 Å². The van der Waals surface area contributed by atoms with E-state index in [1.807, 2.05) is 19.9 Å². The predicted molar refractivity (Wildman–Crippen MR) is 92.3 cm³/mol. The molecule has 0 radical (unpaired) electrons. The van der Waals surface area contributed by atoms with Crippen LogP contribution >= 0.6 is 0 Å². The molecule has 4 nitrogen and oxygen atoms in total. The van der Waals surface area contributed by atoms with Crippen molar-refractivity contribution in [3.05, 3.63) is 53.1 Å². The second-order valence-electron chi connectivity index (χ2n) is 5.65. The molecule has 0 bridgehead atoms. The summed E-state index contributed by atoms with van der Waals surface area (Å²) >= 11 is 0. The van der Waals surface area contributed by atoms with Crippen LogP contribution in [0.1, 0.15) is 30.5 Å². The first-order valence-corrected chi connectivity index (χ1v) is 7.31. The molecule has 2 aromatic rings. The van der Waals surface area contributed by atoms with Crippen LogP contribution in [0, 0.1) is 5.92 Å². The predicted octanol–water partition coefficient (Wildman–Crippen LogP) is 4.35. The fourth-order valence-corrected chi connectivity index (χ4v) is 2.06. The smallest absolute Gasteiger partial charge is 0.127 e. The Kier molecular flexibility index (Phi) is 4.96. The highest BCUT2D eigenvalue weighted by Gasteiger charge is 2.06. The summed E-state index contributed by atoms with van der Waals surface area (Å²) in [6.07, 6.45) is 6.86. The lowest BCUT2D eigenvalue weighted by atomic mass is 10.0. The van der Waals surface area contributed by atoms with Gasteiger partial charge in [-0.15, -0.1) is 0 Å². The zero-order valence-electron chi connectivity index (χ0n) is 13.1. The van der Waals surface area contributed by atoms with Crippen LogP contribution < -0.4 is 0 Å². The molecule has 0 amide bonds. The molecule has 0 saturated carbocycles. The van der Waals surface area contributed by atoms with Crippen molar-refractivity contribution in [1.29, 1.82) is 0 Å². The molecule has 2 aromatic carbocycles. The van der Waals surface area contributed by atoms with Crippen molar-refractivity contribution in [2.45, 2.75) is 13.8 Å². The van der Waals surface area contributed by atoms with Gasteiger partial charge in [-0.25, -0.2) is 0 Å². The third-order valence-electron chi connectivity index (χ3n) is 3.28. The van der Waals surface area contributed by atoms with E-state index in [1.54, 1.807) is 24.3 Å². The maximum absolute atomic E-state index is 10.0. The number of hydrogen-bond acceptors (Lipinski definition) is 4. The molecule has 4 heteroatoms. The summed E-state index contributed by atoms with van der Waals surface area (Å²) in [7, 11) is 0. The van der Waals surface area contributed by atoms with Gasteiger partial charge in [-0.05, 0) is 35.7 Å². The van der Waals surface area contributed by atoms with Crippen molar-refractivity contribution in [3.8, 4) is 23.0 Å². The number of benzene rings is 2. The zero-order valence-corrected chi connectivity index (χ0v) is 13.1. The molecule has 0 heterocycles. The van der Waals surface area contributed by atoms with E-state index in [0.29, 0.717) is 22.6 Å². The first-order valence-electron chi connectivity index (χ1n) is 7.31. The quantitative estimate of drug-likeness (QED) is 0.633. The van der Waals surface area contributed by atoms with Crippen LogP contribution in [0.15, 0.2) is 36.4 Å². The van der Waals surface area contributed by atoms with Gasteiger partial charge in [0.2, 0.25) is 0 Å². The molecule has 23 heavy (non-hydrogen) atoms. The van der Waals surface area contributed by atoms with Gasteiger partial charge in [0.15, 0.2) is 0 Å². The Labute approximate surface area is 135 Å². The molecule has 0 aromatic heterocycles.